The van der Waals surface area contributed by atoms with E-state index in [0.29, 0.717) is 18.0 Å². The first kappa shape index (κ1) is 22.5. The number of hydrogen-bond acceptors (Lipinski definition) is 6. The molecule has 2 aromatic carbocycles. The first-order chi connectivity index (χ1) is 16.0. The summed E-state index contributed by atoms with van der Waals surface area (Å²) >= 11 is 1.26. The van der Waals surface area contributed by atoms with Crippen molar-refractivity contribution < 1.29 is 24.2 Å². The third-order valence-corrected chi connectivity index (χ3v) is 6.57. The molecule has 170 valence electrons. The van der Waals surface area contributed by atoms with Crippen LogP contribution in [0.2, 0.25) is 0 Å². The second kappa shape index (κ2) is 10.3. The molecular formula is C25H24N2O5S. The molecule has 1 aliphatic heterocycles. The maximum absolute atomic E-state index is 12.6. The first-order valence-electron chi connectivity index (χ1n) is 10.7. The molecule has 1 aliphatic rings. The number of piperidine rings is 1. The van der Waals surface area contributed by atoms with Gasteiger partial charge >= 0.3 is 11.9 Å². The Morgan fingerprint density at radius 3 is 2.48 bits per heavy atom. The lowest BCUT2D eigenvalue weighted by Gasteiger charge is -2.33. The van der Waals surface area contributed by atoms with Crippen molar-refractivity contribution in [3.05, 3.63) is 77.2 Å². The summed E-state index contributed by atoms with van der Waals surface area (Å²) in [6, 6.07) is 21.0. The number of benzene rings is 2. The molecule has 8 heteroatoms. The molecule has 2 N–H and O–H groups in total. The van der Waals surface area contributed by atoms with Gasteiger partial charge in [-0.15, -0.1) is 11.3 Å². The molecule has 0 unspecified atom stereocenters. The van der Waals surface area contributed by atoms with E-state index in [-0.39, 0.29) is 11.9 Å². The average Bonchev–Trinajstić information content (AvgIpc) is 3.34. The maximum Gasteiger partial charge on any atom is 0.348 e. The number of likely N-dealkylation sites (tertiary alicyclic amines) is 1. The van der Waals surface area contributed by atoms with Gasteiger partial charge in [0.2, 0.25) is 0 Å². The molecule has 3 aromatic rings. The van der Waals surface area contributed by atoms with Gasteiger partial charge in [-0.05, 0) is 54.8 Å². The van der Waals surface area contributed by atoms with Crippen LogP contribution in [0.1, 0.15) is 32.9 Å². The number of aliphatic carboxylic acids is 1. The fraction of sp³-hybridized carbons (Fsp3) is 0.240. The van der Waals surface area contributed by atoms with E-state index in [1.807, 2.05) is 65.6 Å². The number of carboxylic acid groups (broad SMARTS) is 1. The van der Waals surface area contributed by atoms with Crippen molar-refractivity contribution in [1.29, 1.82) is 0 Å². The molecule has 1 amide bonds. The lowest BCUT2D eigenvalue weighted by Crippen LogP contribution is -2.42. The largest absolute Gasteiger partial charge is 0.479 e. The summed E-state index contributed by atoms with van der Waals surface area (Å²) in [5.74, 6) is -1.75. The fourth-order valence-electron chi connectivity index (χ4n) is 3.79. The first-order valence-corrected chi connectivity index (χ1v) is 11.5. The Kier molecular flexibility index (Phi) is 7.04. The number of amides is 1. The molecule has 0 aliphatic carbocycles. The number of thiophene rings is 1. The van der Waals surface area contributed by atoms with Crippen LogP contribution < -0.4 is 5.32 Å². The quantitative estimate of drug-likeness (QED) is 0.504. The third-order valence-electron chi connectivity index (χ3n) is 5.45. The van der Waals surface area contributed by atoms with E-state index >= 15 is 0 Å². The number of esters is 1. The number of nitrogens with zero attached hydrogens (tertiary/aromatic N) is 1. The minimum absolute atomic E-state index is 0.0754. The minimum atomic E-state index is -1.19. The van der Waals surface area contributed by atoms with Crippen molar-refractivity contribution in [3.63, 3.8) is 0 Å². The Hall–Kier alpha value is -3.65. The van der Waals surface area contributed by atoms with Gasteiger partial charge in [-0.2, -0.15) is 0 Å². The van der Waals surface area contributed by atoms with Gasteiger partial charge in [0, 0.05) is 35.3 Å². The van der Waals surface area contributed by atoms with Crippen LogP contribution >= 0.6 is 11.3 Å². The third kappa shape index (κ3) is 5.78. The average molecular weight is 465 g/mol. The van der Waals surface area contributed by atoms with Crippen molar-refractivity contribution in [2.45, 2.75) is 18.9 Å². The zero-order chi connectivity index (χ0) is 23.2. The Bertz CT molecular complexity index is 1140. The van der Waals surface area contributed by atoms with Crippen LogP contribution in [0.15, 0.2) is 66.7 Å². The van der Waals surface area contributed by atoms with Gasteiger partial charge in [0.25, 0.3) is 5.91 Å². The highest BCUT2D eigenvalue weighted by Crippen LogP contribution is 2.31. The zero-order valence-electron chi connectivity index (χ0n) is 17.9. The van der Waals surface area contributed by atoms with Crippen molar-refractivity contribution in [3.8, 4) is 10.4 Å². The van der Waals surface area contributed by atoms with E-state index in [1.54, 1.807) is 6.07 Å². The molecule has 0 radical (unpaired) electrons. The van der Waals surface area contributed by atoms with Gasteiger partial charge < -0.3 is 20.1 Å². The van der Waals surface area contributed by atoms with Gasteiger partial charge in [-0.3, -0.25) is 4.79 Å². The Morgan fingerprint density at radius 2 is 1.76 bits per heavy atom. The number of carboxylic acids is 1. The SMILES string of the molecule is O=C(O)COC(=O)c1ccc(-c2cccc(NC3CCN(C(=O)c4ccccc4)CC3)c2)s1. The van der Waals surface area contributed by atoms with E-state index in [4.69, 9.17) is 9.84 Å². The molecule has 0 bridgehead atoms. The van der Waals surface area contributed by atoms with Crippen molar-refractivity contribution in [2.75, 3.05) is 25.0 Å². The van der Waals surface area contributed by atoms with Gasteiger partial charge in [0.1, 0.15) is 4.88 Å². The number of anilines is 1. The molecule has 33 heavy (non-hydrogen) atoms. The molecule has 1 fully saturated rings. The predicted octanol–water partition coefficient (Wildman–Crippen LogP) is 4.37. The normalized spacial score (nSPS) is 14.0. The Labute approximate surface area is 195 Å². The van der Waals surface area contributed by atoms with E-state index in [1.165, 1.54) is 11.3 Å². The number of carbonyl (C=O) groups excluding carboxylic acids is 2. The topological polar surface area (TPSA) is 95.9 Å². The molecule has 2 heterocycles. The summed E-state index contributed by atoms with van der Waals surface area (Å²) in [4.78, 5) is 38.3. The summed E-state index contributed by atoms with van der Waals surface area (Å²) in [6.07, 6.45) is 1.72. The smallest absolute Gasteiger partial charge is 0.348 e. The maximum atomic E-state index is 12.6. The highest BCUT2D eigenvalue weighted by Gasteiger charge is 2.23. The second-order valence-corrected chi connectivity index (χ2v) is 8.88. The van der Waals surface area contributed by atoms with Crippen LogP contribution in [0.5, 0.6) is 0 Å². The second-order valence-electron chi connectivity index (χ2n) is 7.79. The van der Waals surface area contributed by atoms with E-state index in [2.05, 4.69) is 5.32 Å². The zero-order valence-corrected chi connectivity index (χ0v) is 18.7. The monoisotopic (exact) mass is 464 g/mol. The minimum Gasteiger partial charge on any atom is -0.479 e. The molecule has 1 saturated heterocycles. The van der Waals surface area contributed by atoms with Crippen molar-refractivity contribution >= 4 is 34.9 Å². The van der Waals surface area contributed by atoms with Crippen molar-refractivity contribution in [2.24, 2.45) is 0 Å². The summed E-state index contributed by atoms with van der Waals surface area (Å²) in [5.41, 5.74) is 2.65. The van der Waals surface area contributed by atoms with Crippen LogP contribution in [-0.4, -0.2) is 53.6 Å². The van der Waals surface area contributed by atoms with Crippen LogP contribution in [-0.2, 0) is 9.53 Å². The molecule has 4 rings (SSSR count). The van der Waals surface area contributed by atoms with Gasteiger partial charge in [0.15, 0.2) is 6.61 Å². The van der Waals surface area contributed by atoms with Gasteiger partial charge in [0.05, 0.1) is 0 Å². The highest BCUT2D eigenvalue weighted by molar-refractivity contribution is 7.17. The fourth-order valence-corrected chi connectivity index (χ4v) is 4.69. The number of carbonyl (C=O) groups is 3. The highest BCUT2D eigenvalue weighted by atomic mass is 32.1. The predicted molar refractivity (Wildman–Crippen MR) is 127 cm³/mol. The van der Waals surface area contributed by atoms with Crippen LogP contribution in [0, 0.1) is 0 Å². The molecule has 0 atom stereocenters. The van der Waals surface area contributed by atoms with Gasteiger partial charge in [-0.25, -0.2) is 9.59 Å². The number of nitrogens with one attached hydrogen (secondary N) is 1. The molecule has 1 aromatic heterocycles. The number of ether oxygens (including phenoxy) is 1. The molecule has 0 spiro atoms. The summed E-state index contributed by atoms with van der Waals surface area (Å²) in [7, 11) is 0. The molecule has 7 nitrogen and oxygen atoms in total. The van der Waals surface area contributed by atoms with E-state index in [9.17, 15) is 14.4 Å². The van der Waals surface area contributed by atoms with Crippen LogP contribution in [0.25, 0.3) is 10.4 Å². The van der Waals surface area contributed by atoms with E-state index < -0.39 is 18.5 Å². The summed E-state index contributed by atoms with van der Waals surface area (Å²) < 4.78 is 4.75. The number of rotatable bonds is 7. The summed E-state index contributed by atoms with van der Waals surface area (Å²) in [6.45, 7) is 0.761. The standard InChI is InChI=1S/C25H24N2O5S/c28-23(29)16-32-25(31)22-10-9-21(33-22)18-7-4-8-20(15-18)26-19-11-13-27(14-12-19)24(30)17-5-2-1-3-6-17/h1-10,15,19,26H,11-14,16H2,(H,28,29). The Morgan fingerprint density at radius 1 is 1.00 bits per heavy atom. The summed E-state index contributed by atoms with van der Waals surface area (Å²) in [5, 5.41) is 12.2. The molecule has 0 saturated carbocycles. The van der Waals surface area contributed by atoms with E-state index in [0.717, 1.165) is 34.5 Å². The van der Waals surface area contributed by atoms with Crippen LogP contribution in [0.3, 0.4) is 0 Å². The number of hydrogen-bond donors (Lipinski definition) is 2. The lowest BCUT2D eigenvalue weighted by molar-refractivity contribution is -0.140. The lowest BCUT2D eigenvalue weighted by atomic mass is 10.0. The van der Waals surface area contributed by atoms with Crippen molar-refractivity contribution in [1.82, 2.24) is 4.90 Å². The van der Waals surface area contributed by atoms with Crippen LogP contribution in [0.4, 0.5) is 5.69 Å². The van der Waals surface area contributed by atoms with Gasteiger partial charge in [-0.1, -0.05) is 30.3 Å². The Balaban J connectivity index is 1.34. The molecular weight excluding hydrogens is 440 g/mol.